The Morgan fingerprint density at radius 2 is 2.10 bits per heavy atom. The first-order valence-electron chi connectivity index (χ1n) is 10.4. The number of piperidine rings is 1. The van der Waals surface area contributed by atoms with Crippen LogP contribution in [0, 0.1) is 6.92 Å². The van der Waals surface area contributed by atoms with Gasteiger partial charge in [-0.25, -0.2) is 9.97 Å². The standard InChI is InChI=1S/C24H27N5O/c1-17-6-3-7-18(12-17)13-23(30)29-11-5-9-20(16-29)21-14-22(25-2)28-24(27-21)19-8-4-10-26-15-19/h3-4,6-8,10,12,14-15,20H,5,9,11,13,16H2,1-2H3,(H,25,27,28)/t20-/m0/s1. The minimum Gasteiger partial charge on any atom is -0.373 e. The Bertz CT molecular complexity index is 1020. The number of likely N-dealkylation sites (tertiary alicyclic amines) is 1. The van der Waals surface area contributed by atoms with Gasteiger partial charge >= 0.3 is 0 Å². The maximum Gasteiger partial charge on any atom is 0.227 e. The van der Waals surface area contributed by atoms with Gasteiger partial charge < -0.3 is 10.2 Å². The molecule has 1 aromatic carbocycles. The molecule has 154 valence electrons. The fourth-order valence-electron chi connectivity index (χ4n) is 3.98. The van der Waals surface area contributed by atoms with Gasteiger partial charge in [0.2, 0.25) is 5.91 Å². The van der Waals surface area contributed by atoms with E-state index in [1.807, 2.05) is 42.3 Å². The molecule has 1 atom stereocenters. The summed E-state index contributed by atoms with van der Waals surface area (Å²) in [6.45, 7) is 3.55. The lowest BCUT2D eigenvalue weighted by Gasteiger charge is -2.33. The molecule has 0 aliphatic carbocycles. The number of benzene rings is 1. The molecule has 6 heteroatoms. The van der Waals surface area contributed by atoms with Crippen molar-refractivity contribution in [1.82, 2.24) is 19.9 Å². The number of hydrogen-bond donors (Lipinski definition) is 1. The van der Waals surface area contributed by atoms with Crippen LogP contribution in [0.4, 0.5) is 5.82 Å². The van der Waals surface area contributed by atoms with E-state index in [-0.39, 0.29) is 11.8 Å². The van der Waals surface area contributed by atoms with E-state index in [9.17, 15) is 4.79 Å². The van der Waals surface area contributed by atoms with Gasteiger partial charge in [0, 0.05) is 50.1 Å². The van der Waals surface area contributed by atoms with E-state index in [0.717, 1.165) is 42.0 Å². The molecule has 6 nitrogen and oxygen atoms in total. The number of amides is 1. The van der Waals surface area contributed by atoms with Crippen molar-refractivity contribution in [2.24, 2.45) is 0 Å². The second-order valence-electron chi connectivity index (χ2n) is 7.84. The van der Waals surface area contributed by atoms with Crippen molar-refractivity contribution in [3.63, 3.8) is 0 Å². The number of carbonyl (C=O) groups is 1. The number of nitrogens with zero attached hydrogens (tertiary/aromatic N) is 4. The Morgan fingerprint density at radius 1 is 1.20 bits per heavy atom. The quantitative estimate of drug-likeness (QED) is 0.703. The number of anilines is 1. The van der Waals surface area contributed by atoms with Crippen LogP contribution in [-0.4, -0.2) is 45.9 Å². The van der Waals surface area contributed by atoms with Crippen LogP contribution >= 0.6 is 0 Å². The highest BCUT2D eigenvalue weighted by atomic mass is 16.2. The number of nitrogens with one attached hydrogen (secondary N) is 1. The van der Waals surface area contributed by atoms with E-state index in [4.69, 9.17) is 4.98 Å². The molecule has 3 heterocycles. The SMILES string of the molecule is CNc1cc([C@H]2CCCN(C(=O)Cc3cccc(C)c3)C2)nc(-c2cccnc2)n1. The van der Waals surface area contributed by atoms with Gasteiger partial charge in [0.05, 0.1) is 12.1 Å². The van der Waals surface area contributed by atoms with Crippen LogP contribution < -0.4 is 5.32 Å². The molecule has 1 aliphatic rings. The fraction of sp³-hybridized carbons (Fsp3) is 0.333. The molecular weight excluding hydrogens is 374 g/mol. The third-order valence-electron chi connectivity index (χ3n) is 5.55. The molecular formula is C24H27N5O. The molecule has 0 radical (unpaired) electrons. The van der Waals surface area contributed by atoms with Crippen molar-refractivity contribution in [3.8, 4) is 11.4 Å². The first-order valence-corrected chi connectivity index (χ1v) is 10.4. The molecule has 4 rings (SSSR count). The van der Waals surface area contributed by atoms with E-state index in [0.29, 0.717) is 18.8 Å². The predicted molar refractivity (Wildman–Crippen MR) is 118 cm³/mol. The highest BCUT2D eigenvalue weighted by molar-refractivity contribution is 5.79. The summed E-state index contributed by atoms with van der Waals surface area (Å²) in [6, 6.07) is 14.0. The Balaban J connectivity index is 1.53. The number of pyridine rings is 1. The van der Waals surface area contributed by atoms with Crippen molar-refractivity contribution in [1.29, 1.82) is 0 Å². The zero-order chi connectivity index (χ0) is 20.9. The van der Waals surface area contributed by atoms with Gasteiger partial charge in [0.1, 0.15) is 5.82 Å². The topological polar surface area (TPSA) is 71.0 Å². The van der Waals surface area contributed by atoms with Gasteiger partial charge in [-0.15, -0.1) is 0 Å². The molecule has 1 fully saturated rings. The second kappa shape index (κ2) is 9.03. The Hall–Kier alpha value is -3.28. The lowest BCUT2D eigenvalue weighted by molar-refractivity contribution is -0.131. The summed E-state index contributed by atoms with van der Waals surface area (Å²) in [5.74, 6) is 1.82. The minimum absolute atomic E-state index is 0.181. The normalized spacial score (nSPS) is 16.3. The number of aromatic nitrogens is 3. The zero-order valence-electron chi connectivity index (χ0n) is 17.5. The van der Waals surface area contributed by atoms with Crippen molar-refractivity contribution in [3.05, 3.63) is 71.7 Å². The van der Waals surface area contributed by atoms with Gasteiger partial charge in [-0.05, 0) is 37.5 Å². The van der Waals surface area contributed by atoms with Crippen molar-refractivity contribution < 1.29 is 4.79 Å². The maximum absolute atomic E-state index is 12.9. The largest absolute Gasteiger partial charge is 0.373 e. The number of aryl methyl sites for hydroxylation is 1. The van der Waals surface area contributed by atoms with Crippen LogP contribution in [0.1, 0.15) is 35.6 Å². The summed E-state index contributed by atoms with van der Waals surface area (Å²) in [6.07, 6.45) is 5.95. The van der Waals surface area contributed by atoms with Crippen LogP contribution in [-0.2, 0) is 11.2 Å². The van der Waals surface area contributed by atoms with Crippen LogP contribution in [0.2, 0.25) is 0 Å². The summed E-state index contributed by atoms with van der Waals surface area (Å²) < 4.78 is 0. The van der Waals surface area contributed by atoms with Crippen LogP contribution in [0.3, 0.4) is 0 Å². The number of carbonyl (C=O) groups excluding carboxylic acids is 1. The average Bonchev–Trinajstić information content (AvgIpc) is 2.79. The molecule has 0 spiro atoms. The van der Waals surface area contributed by atoms with E-state index >= 15 is 0 Å². The summed E-state index contributed by atoms with van der Waals surface area (Å²) >= 11 is 0. The van der Waals surface area contributed by atoms with Crippen LogP contribution in [0.5, 0.6) is 0 Å². The third-order valence-corrected chi connectivity index (χ3v) is 5.55. The van der Waals surface area contributed by atoms with E-state index in [1.165, 1.54) is 5.56 Å². The molecule has 0 saturated carbocycles. The first kappa shape index (κ1) is 20.0. The van der Waals surface area contributed by atoms with Gasteiger partial charge in [-0.2, -0.15) is 0 Å². The van der Waals surface area contributed by atoms with E-state index < -0.39 is 0 Å². The Kier molecular flexibility index (Phi) is 6.02. The molecule has 0 bridgehead atoms. The summed E-state index contributed by atoms with van der Waals surface area (Å²) in [7, 11) is 1.86. The number of rotatable bonds is 5. The Labute approximate surface area is 177 Å². The van der Waals surface area contributed by atoms with Crippen molar-refractivity contribution >= 4 is 11.7 Å². The minimum atomic E-state index is 0.181. The summed E-state index contributed by atoms with van der Waals surface area (Å²) in [4.78, 5) is 28.5. The lowest BCUT2D eigenvalue weighted by atomic mass is 9.93. The van der Waals surface area contributed by atoms with Crippen LogP contribution in [0.25, 0.3) is 11.4 Å². The van der Waals surface area contributed by atoms with Gasteiger partial charge in [0.15, 0.2) is 5.82 Å². The second-order valence-corrected chi connectivity index (χ2v) is 7.84. The van der Waals surface area contributed by atoms with E-state index in [1.54, 1.807) is 12.4 Å². The fourth-order valence-corrected chi connectivity index (χ4v) is 3.98. The molecule has 1 N–H and O–H groups in total. The van der Waals surface area contributed by atoms with E-state index in [2.05, 4.69) is 34.3 Å². The molecule has 1 saturated heterocycles. The van der Waals surface area contributed by atoms with Gasteiger partial charge in [0.25, 0.3) is 0 Å². The summed E-state index contributed by atoms with van der Waals surface area (Å²) in [5.41, 5.74) is 4.11. The summed E-state index contributed by atoms with van der Waals surface area (Å²) in [5, 5.41) is 3.14. The highest BCUT2D eigenvalue weighted by Gasteiger charge is 2.26. The molecule has 30 heavy (non-hydrogen) atoms. The lowest BCUT2D eigenvalue weighted by Crippen LogP contribution is -2.40. The Morgan fingerprint density at radius 3 is 2.87 bits per heavy atom. The monoisotopic (exact) mass is 401 g/mol. The van der Waals surface area contributed by atoms with Gasteiger partial charge in [-0.1, -0.05) is 29.8 Å². The van der Waals surface area contributed by atoms with Crippen molar-refractivity contribution in [2.45, 2.75) is 32.1 Å². The number of hydrogen-bond acceptors (Lipinski definition) is 5. The molecule has 3 aromatic rings. The van der Waals surface area contributed by atoms with Gasteiger partial charge in [-0.3, -0.25) is 9.78 Å². The highest BCUT2D eigenvalue weighted by Crippen LogP contribution is 2.29. The molecule has 2 aromatic heterocycles. The average molecular weight is 402 g/mol. The first-order chi connectivity index (χ1) is 14.6. The maximum atomic E-state index is 12.9. The smallest absolute Gasteiger partial charge is 0.227 e. The zero-order valence-corrected chi connectivity index (χ0v) is 17.5. The van der Waals surface area contributed by atoms with Crippen molar-refractivity contribution in [2.75, 3.05) is 25.5 Å². The molecule has 1 aliphatic heterocycles. The molecule has 1 amide bonds. The predicted octanol–water partition coefficient (Wildman–Crippen LogP) is 3.84. The third kappa shape index (κ3) is 4.64. The van der Waals surface area contributed by atoms with Crippen LogP contribution in [0.15, 0.2) is 54.9 Å². The molecule has 0 unspecified atom stereocenters.